The Morgan fingerprint density at radius 2 is 0.641 bits per heavy atom. The second kappa shape index (κ2) is 17.2. The molecular weight excluding hydrogens is 911 g/mol. The second-order valence-electron chi connectivity index (χ2n) is 13.3. The zero-order valence-electron chi connectivity index (χ0n) is 30.6. The van der Waals surface area contributed by atoms with Crippen molar-refractivity contribution in [3.8, 4) is 6.07 Å². The summed E-state index contributed by atoms with van der Waals surface area (Å²) in [7, 11) is 0. The Kier molecular flexibility index (Phi) is 12.5. The van der Waals surface area contributed by atoms with Crippen LogP contribution in [-0.4, -0.2) is 6.15 Å². The molecule has 0 fully saturated rings. The Bertz CT molecular complexity index is 2720. The van der Waals surface area contributed by atoms with Crippen molar-refractivity contribution in [2.45, 2.75) is 6.54 Å². The quantitative estimate of drug-likeness (QED) is 0.0539. The Labute approximate surface area is 343 Å². The smallest absolute Gasteiger partial charge is 0.207 e. The third-order valence-electron chi connectivity index (χ3n) is 9.95. The summed E-state index contributed by atoms with van der Waals surface area (Å²) in [6, 6.07) is 22.5. The zero-order chi connectivity index (χ0) is 47.4. The predicted octanol–water partition coefficient (Wildman–Crippen LogP) is 8.89. The number of nitrogens with zero attached hydrogens (tertiary/aromatic N) is 2. The first kappa shape index (κ1) is 46.4. The second-order valence-corrected chi connectivity index (χ2v) is 13.3. The first-order valence-electron chi connectivity index (χ1n) is 17.2. The van der Waals surface area contributed by atoms with Crippen molar-refractivity contribution in [1.29, 1.82) is 5.26 Å². The fourth-order valence-corrected chi connectivity index (χ4v) is 7.18. The van der Waals surface area contributed by atoms with Crippen LogP contribution in [0.15, 0.2) is 66.9 Å². The van der Waals surface area contributed by atoms with Crippen LogP contribution in [0.4, 0.5) is 87.8 Å². The molecule has 64 heavy (non-hydrogen) atoms. The highest BCUT2D eigenvalue weighted by Crippen LogP contribution is 2.31. The third kappa shape index (κ3) is 7.00. The molecule has 2 nitrogen and oxygen atoms in total. The summed E-state index contributed by atoms with van der Waals surface area (Å²) in [6.45, 7) is 0.813. The van der Waals surface area contributed by atoms with Crippen LogP contribution in [0.5, 0.6) is 0 Å². The van der Waals surface area contributed by atoms with E-state index < -0.39 is 144 Å². The van der Waals surface area contributed by atoms with Crippen LogP contribution in [-0.2, 0) is 6.54 Å². The van der Waals surface area contributed by atoms with Gasteiger partial charge in [-0.3, -0.25) is 0 Å². The van der Waals surface area contributed by atoms with Gasteiger partial charge in [-0.25, -0.2) is 87.8 Å². The lowest BCUT2D eigenvalue weighted by atomic mass is 9.12. The van der Waals surface area contributed by atoms with Gasteiger partial charge in [-0.05, 0) is 6.07 Å². The van der Waals surface area contributed by atoms with Crippen molar-refractivity contribution in [2.75, 3.05) is 0 Å². The number of hydrogen-bond donors (Lipinski definition) is 0. The minimum absolute atomic E-state index is 0.722. The lowest BCUT2D eigenvalue weighted by Gasteiger charge is -2.44. The maximum Gasteiger partial charge on any atom is 0.214 e. The summed E-state index contributed by atoms with van der Waals surface area (Å²) in [5.41, 5.74) is -11.3. The maximum absolute atomic E-state index is 15.4. The van der Waals surface area contributed by atoms with Crippen LogP contribution >= 0.6 is 0 Å². The van der Waals surface area contributed by atoms with Gasteiger partial charge in [-0.15, -0.1) is 21.9 Å². The van der Waals surface area contributed by atoms with Crippen molar-refractivity contribution in [2.24, 2.45) is 0 Å². The van der Waals surface area contributed by atoms with E-state index in [2.05, 4.69) is 28.8 Å². The molecular formula is C41H13BF20N2. The molecule has 0 spiro atoms. The molecule has 0 radical (unpaired) electrons. The molecule has 0 amide bonds. The fourth-order valence-electron chi connectivity index (χ4n) is 7.18. The lowest BCUT2D eigenvalue weighted by molar-refractivity contribution is -0.662. The van der Waals surface area contributed by atoms with Gasteiger partial charge in [0.15, 0.2) is 82.5 Å². The number of halogens is 20. The van der Waals surface area contributed by atoms with Gasteiger partial charge in [0.25, 0.3) is 0 Å². The van der Waals surface area contributed by atoms with Crippen molar-refractivity contribution >= 4 is 38.9 Å². The lowest BCUT2D eigenvalue weighted by Crippen LogP contribution is -2.81. The average Bonchev–Trinajstić information content (AvgIpc) is 3.29. The van der Waals surface area contributed by atoms with Crippen molar-refractivity contribution in [3.05, 3.63) is 194 Å². The number of benzene rings is 6. The molecule has 0 aliphatic carbocycles. The van der Waals surface area contributed by atoms with Crippen LogP contribution in [0.1, 0.15) is 11.1 Å². The van der Waals surface area contributed by atoms with Gasteiger partial charge >= 0.3 is 0 Å². The topological polar surface area (TPSA) is 27.7 Å². The molecule has 1 aromatic heterocycles. The first-order chi connectivity index (χ1) is 30.1. The summed E-state index contributed by atoms with van der Waals surface area (Å²) in [5, 5.41) is 10.2. The van der Waals surface area contributed by atoms with Gasteiger partial charge in [-0.2, -0.15) is 9.83 Å². The molecule has 0 unspecified atom stereocenters. The van der Waals surface area contributed by atoms with E-state index >= 15 is 35.1 Å². The summed E-state index contributed by atoms with van der Waals surface area (Å²) in [4.78, 5) is 0. The summed E-state index contributed by atoms with van der Waals surface area (Å²) < 4.78 is 296. The highest BCUT2D eigenvalue weighted by molar-refractivity contribution is 7.20. The number of aromatic nitrogens is 1. The van der Waals surface area contributed by atoms with Gasteiger partial charge < -0.3 is 0 Å². The normalized spacial score (nSPS) is 11.5. The largest absolute Gasteiger partial charge is 0.214 e. The van der Waals surface area contributed by atoms with Gasteiger partial charge in [0.1, 0.15) is 58.8 Å². The van der Waals surface area contributed by atoms with Crippen molar-refractivity contribution in [3.63, 3.8) is 0 Å². The molecule has 330 valence electrons. The van der Waals surface area contributed by atoms with Crippen LogP contribution in [0.3, 0.4) is 0 Å². The fraction of sp³-hybridized carbons (Fsp3) is 0.0244. The number of hydrogen-bond acceptors (Lipinski definition) is 1. The minimum atomic E-state index is -7.22. The van der Waals surface area contributed by atoms with Gasteiger partial charge in [0.05, 0.1) is 10.9 Å². The van der Waals surface area contributed by atoms with E-state index in [0.29, 0.717) is 0 Å². The van der Waals surface area contributed by atoms with Crippen molar-refractivity contribution < 1.29 is 92.4 Å². The zero-order valence-corrected chi connectivity index (χ0v) is 30.6. The maximum atomic E-state index is 15.4. The van der Waals surface area contributed by atoms with E-state index in [4.69, 9.17) is 5.26 Å². The number of rotatable bonds is 6. The van der Waals surface area contributed by atoms with Crippen LogP contribution in [0.25, 0.3) is 10.9 Å². The number of pyridine rings is 1. The van der Waals surface area contributed by atoms with Crippen LogP contribution < -0.4 is 26.4 Å². The molecule has 7 aromatic rings. The van der Waals surface area contributed by atoms with E-state index in [0.717, 1.165) is 23.0 Å². The molecule has 1 heterocycles. The third-order valence-corrected chi connectivity index (χ3v) is 9.95. The van der Waals surface area contributed by atoms with Crippen molar-refractivity contribution in [1.82, 2.24) is 0 Å². The highest BCUT2D eigenvalue weighted by Gasteiger charge is 2.52. The molecule has 0 aliphatic rings. The Balaban J connectivity index is 0.000000295. The number of nitriles is 1. The molecule has 7 rings (SSSR count). The summed E-state index contributed by atoms with van der Waals surface area (Å²) in [5.74, 6) is -71.4. The van der Waals surface area contributed by atoms with Gasteiger partial charge in [-0.1, -0.05) is 42.5 Å². The predicted molar refractivity (Wildman–Crippen MR) is 184 cm³/mol. The van der Waals surface area contributed by atoms with E-state index in [1.807, 2.05) is 48.7 Å². The average molecular weight is 924 g/mol. The molecule has 0 atom stereocenters. The minimum Gasteiger partial charge on any atom is -0.207 e. The molecule has 0 aliphatic heterocycles. The molecule has 0 saturated carbocycles. The molecule has 0 saturated heterocycles. The van der Waals surface area contributed by atoms with E-state index in [9.17, 15) is 52.7 Å². The molecule has 0 bridgehead atoms. The Morgan fingerprint density at radius 3 is 0.953 bits per heavy atom. The Morgan fingerprint density at radius 1 is 0.359 bits per heavy atom. The monoisotopic (exact) mass is 924 g/mol. The molecule has 6 aromatic carbocycles. The number of para-hydroxylation sites is 1. The van der Waals surface area contributed by atoms with E-state index in [1.165, 1.54) is 5.56 Å². The van der Waals surface area contributed by atoms with Crippen LogP contribution in [0.2, 0.25) is 0 Å². The SMILES string of the molecule is Fc1c(F)c(F)c([B-](c2c(F)c(F)c(F)c(F)c2F)(c2c(F)c(F)c(F)c(F)c2F)c2c(F)c(F)c(F)c(F)c2F)c(F)c1F.N#Cc1cc[n+](Cc2ccccc2)c2ccccc12. The highest BCUT2D eigenvalue weighted by atomic mass is 19.2. The number of fused-ring (bicyclic) bond motifs is 1. The van der Waals surface area contributed by atoms with E-state index in [1.54, 1.807) is 0 Å². The Hall–Kier alpha value is -7.12. The van der Waals surface area contributed by atoms with Crippen LogP contribution in [0, 0.1) is 128 Å². The summed E-state index contributed by atoms with van der Waals surface area (Å²) >= 11 is 0. The first-order valence-corrected chi connectivity index (χ1v) is 17.2. The summed E-state index contributed by atoms with van der Waals surface area (Å²) in [6.07, 6.45) is -5.24. The standard InChI is InChI=1S/C24BF20.C17H13N2/c26-5-1(6(27)14(35)21(42)13(5)34)25(2-7(28)15(36)22(43)16(37)8(2)29,3-9(30)17(38)23(44)18(39)10(3)31)4-11(32)19(40)24(45)20(41)12(4)33;18-12-15-10-11-19(13-14-6-2-1-3-7-14)17-9-5-4-8-16(15)17/h;1-11H,13H2/q-1;+1. The van der Waals surface area contributed by atoms with Gasteiger partial charge in [0, 0.05) is 17.7 Å². The molecule has 0 N–H and O–H groups in total. The molecule has 23 heteroatoms. The van der Waals surface area contributed by atoms with E-state index in [-0.39, 0.29) is 0 Å². The van der Waals surface area contributed by atoms with Gasteiger partial charge in [0.2, 0.25) is 5.52 Å².